The lowest BCUT2D eigenvalue weighted by molar-refractivity contribution is -0.133. The van der Waals surface area contributed by atoms with Crippen LogP contribution in [0.3, 0.4) is 0 Å². The number of nitrogens with zero attached hydrogens (tertiary/aromatic N) is 2. The molecule has 58 heavy (non-hydrogen) atoms. The molecule has 3 unspecified atom stereocenters. The maximum Gasteiger partial charge on any atom is 0.508 e. The third-order valence-electron chi connectivity index (χ3n) is 10.0. The van der Waals surface area contributed by atoms with Crippen LogP contribution in [0, 0.1) is 0 Å². The van der Waals surface area contributed by atoms with Crippen LogP contribution in [-0.2, 0) is 34.1 Å². The fraction of sp³-hybridized carbons (Fsp3) is 0.302. The molecule has 0 radical (unpaired) electrons. The van der Waals surface area contributed by atoms with E-state index in [1.807, 2.05) is 84.9 Å². The quantitative estimate of drug-likeness (QED) is 0.0847. The van der Waals surface area contributed by atoms with Crippen LogP contribution in [0.1, 0.15) is 23.1 Å². The Hall–Kier alpha value is -6.42. The summed E-state index contributed by atoms with van der Waals surface area (Å²) in [7, 11) is 3.21. The topological polar surface area (TPSA) is 168 Å². The Morgan fingerprint density at radius 1 is 0.897 bits per heavy atom. The van der Waals surface area contributed by atoms with E-state index >= 15 is 0 Å². The largest absolute Gasteiger partial charge is 0.508 e. The lowest BCUT2D eigenvalue weighted by Gasteiger charge is -2.39. The first kappa shape index (κ1) is 39.8. The maximum absolute atomic E-state index is 13.2. The summed E-state index contributed by atoms with van der Waals surface area (Å²) in [4.78, 5) is 45.2. The van der Waals surface area contributed by atoms with Crippen molar-refractivity contribution in [1.29, 1.82) is 0 Å². The zero-order chi connectivity index (χ0) is 40.5. The molecule has 0 bridgehead atoms. The van der Waals surface area contributed by atoms with E-state index in [2.05, 4.69) is 27.5 Å². The van der Waals surface area contributed by atoms with Crippen molar-refractivity contribution in [2.24, 2.45) is 4.99 Å². The van der Waals surface area contributed by atoms with Crippen LogP contribution in [-0.4, -0.2) is 100 Å². The maximum atomic E-state index is 13.2. The van der Waals surface area contributed by atoms with Crippen LogP contribution in [0.2, 0.25) is 0 Å². The number of carbonyl (C=O) groups excluding carboxylic acids is 3. The molecule has 6 atom stereocenters. The Morgan fingerprint density at radius 2 is 1.52 bits per heavy atom. The summed E-state index contributed by atoms with van der Waals surface area (Å²) in [5, 5.41) is 8.73. The number of para-hydroxylation sites is 1. The van der Waals surface area contributed by atoms with E-state index in [4.69, 9.17) is 33.2 Å². The van der Waals surface area contributed by atoms with Gasteiger partial charge in [0.05, 0.1) is 27.2 Å². The number of methoxy groups -OCH3 is 2. The summed E-state index contributed by atoms with van der Waals surface area (Å²) in [6, 6.07) is 33.1. The lowest BCUT2D eigenvalue weighted by Crippen LogP contribution is -2.71. The molecule has 0 aliphatic carbocycles. The van der Waals surface area contributed by atoms with E-state index in [0.717, 1.165) is 16.7 Å². The smallest absolute Gasteiger partial charge is 0.497 e. The van der Waals surface area contributed by atoms with Gasteiger partial charge in [-0.2, -0.15) is 0 Å². The second kappa shape index (κ2) is 18.2. The average molecular weight is 792 g/mol. The number of benzene rings is 4. The average Bonchev–Trinajstić information content (AvgIpc) is 3.87. The van der Waals surface area contributed by atoms with E-state index in [9.17, 15) is 14.4 Å². The van der Waals surface area contributed by atoms with Crippen molar-refractivity contribution in [1.82, 2.24) is 20.9 Å². The molecule has 4 aromatic carbocycles. The summed E-state index contributed by atoms with van der Waals surface area (Å²) >= 11 is 0. The molecule has 15 nitrogen and oxygen atoms in total. The fourth-order valence-corrected chi connectivity index (χ4v) is 7.22. The molecular weight excluding hydrogens is 746 g/mol. The van der Waals surface area contributed by atoms with Gasteiger partial charge in [0, 0.05) is 6.42 Å². The minimum atomic E-state index is -1.19. The Labute approximate surface area is 335 Å². The third-order valence-corrected chi connectivity index (χ3v) is 10.0. The first-order valence-corrected chi connectivity index (χ1v) is 18.7. The van der Waals surface area contributed by atoms with Gasteiger partial charge in [0.2, 0.25) is 0 Å². The first-order chi connectivity index (χ1) is 28.3. The molecule has 15 heteroatoms. The highest BCUT2D eigenvalue weighted by Crippen LogP contribution is 2.43. The normalized spacial score (nSPS) is 22.3. The Morgan fingerprint density at radius 3 is 2.14 bits per heavy atom. The van der Waals surface area contributed by atoms with Gasteiger partial charge in [0.25, 0.3) is 11.8 Å². The number of hydrogen-bond acceptors (Lipinski definition) is 13. The van der Waals surface area contributed by atoms with Gasteiger partial charge in [-0.05, 0) is 53.1 Å². The van der Waals surface area contributed by atoms with Crippen LogP contribution in [0.4, 0.5) is 4.79 Å². The molecule has 3 N–H and O–H groups in total. The van der Waals surface area contributed by atoms with Crippen molar-refractivity contribution in [3.05, 3.63) is 139 Å². The molecule has 2 fully saturated rings. The molecule has 0 aromatic heterocycles. The van der Waals surface area contributed by atoms with Crippen molar-refractivity contribution in [3.63, 3.8) is 0 Å². The second-order valence-electron chi connectivity index (χ2n) is 13.6. The monoisotopic (exact) mass is 791 g/mol. The Kier molecular flexibility index (Phi) is 12.5. The van der Waals surface area contributed by atoms with E-state index < -0.39 is 60.5 Å². The van der Waals surface area contributed by atoms with Gasteiger partial charge in [-0.25, -0.2) is 4.79 Å². The fourth-order valence-electron chi connectivity index (χ4n) is 7.22. The molecule has 7 rings (SSSR count). The number of fused-ring (bicyclic) bond motifs is 1. The molecule has 3 aliphatic rings. The molecule has 3 aliphatic heterocycles. The molecule has 0 spiro atoms. The van der Waals surface area contributed by atoms with Gasteiger partial charge in [-0.3, -0.25) is 19.9 Å². The van der Waals surface area contributed by atoms with Gasteiger partial charge >= 0.3 is 6.16 Å². The van der Waals surface area contributed by atoms with Crippen molar-refractivity contribution < 1.29 is 47.5 Å². The zero-order valence-electron chi connectivity index (χ0n) is 32.0. The molecule has 302 valence electrons. The van der Waals surface area contributed by atoms with E-state index in [1.165, 1.54) is 12.4 Å². The van der Waals surface area contributed by atoms with Crippen LogP contribution < -0.4 is 30.2 Å². The molecule has 2 amide bonds. The molecule has 2 saturated heterocycles. The van der Waals surface area contributed by atoms with Crippen molar-refractivity contribution in [2.45, 2.75) is 49.0 Å². The minimum Gasteiger partial charge on any atom is -0.497 e. The number of rotatable bonds is 16. The Balaban J connectivity index is 1.14. The van der Waals surface area contributed by atoms with E-state index in [-0.39, 0.29) is 26.2 Å². The number of amides is 2. The summed E-state index contributed by atoms with van der Waals surface area (Å²) in [6.07, 6.45) is -1.83. The van der Waals surface area contributed by atoms with E-state index in [1.54, 1.807) is 43.4 Å². The minimum absolute atomic E-state index is 0.0475. The second-order valence-corrected chi connectivity index (χ2v) is 13.6. The number of carbonyl (C=O) groups is 3. The first-order valence-electron chi connectivity index (χ1n) is 18.7. The molecule has 0 saturated carbocycles. The zero-order valence-corrected chi connectivity index (χ0v) is 32.0. The van der Waals surface area contributed by atoms with Crippen LogP contribution in [0.15, 0.2) is 127 Å². The predicted octanol–water partition coefficient (Wildman–Crippen LogP) is 4.07. The van der Waals surface area contributed by atoms with Crippen molar-refractivity contribution >= 4 is 24.3 Å². The number of hydrogen-bond donors (Lipinski definition) is 3. The van der Waals surface area contributed by atoms with Gasteiger partial charge in [-0.15, -0.1) is 0 Å². The third kappa shape index (κ3) is 8.76. The van der Waals surface area contributed by atoms with Crippen LogP contribution >= 0.6 is 0 Å². The Bertz CT molecular complexity index is 2000. The molecule has 3 heterocycles. The standard InChI is InChI=1S/C43H45N5O10/c1-4-23-54-42(51)58-34-24-37(48-27-44-38-39(48)46-41(47-40(38)50)45-36(49)26-55-33-13-9-6-10-14-33)57-35(34)25-56-43(28-11-7-5-8-12-28,29-15-19-31(52-2)20-16-29)30-17-21-32(53-3)22-18-30/h4-22,27,34-35,37-39,41,46H,1,23-26H2,2-3H3,(H,45,49)(H,47,50)/t34-,35+,37+,38?,39?,41?/m0/s1. The van der Waals surface area contributed by atoms with Crippen LogP contribution in [0.5, 0.6) is 17.2 Å². The van der Waals surface area contributed by atoms with Crippen molar-refractivity contribution in [2.75, 3.05) is 34.0 Å². The van der Waals surface area contributed by atoms with Gasteiger partial charge in [0.15, 0.2) is 18.9 Å². The summed E-state index contributed by atoms with van der Waals surface area (Å²) in [5.41, 5.74) is 1.25. The predicted molar refractivity (Wildman–Crippen MR) is 211 cm³/mol. The summed E-state index contributed by atoms with van der Waals surface area (Å²) in [5.74, 6) is 1.02. The molecular formula is C43H45N5O10. The number of ether oxygens (including phenoxy) is 7. The molecule has 4 aromatic rings. The lowest BCUT2D eigenvalue weighted by atomic mass is 9.80. The highest BCUT2D eigenvalue weighted by molar-refractivity contribution is 5.88. The van der Waals surface area contributed by atoms with Gasteiger partial charge < -0.3 is 48.7 Å². The van der Waals surface area contributed by atoms with Crippen molar-refractivity contribution in [3.8, 4) is 17.2 Å². The number of aliphatic imine (C=N–C) groups is 1. The van der Waals surface area contributed by atoms with Crippen LogP contribution in [0.25, 0.3) is 0 Å². The van der Waals surface area contributed by atoms with Gasteiger partial charge in [0.1, 0.15) is 54.1 Å². The number of nitrogens with one attached hydrogen (secondary N) is 3. The summed E-state index contributed by atoms with van der Waals surface area (Å²) in [6.45, 7) is 3.24. The summed E-state index contributed by atoms with van der Waals surface area (Å²) < 4.78 is 41.4. The SMILES string of the molecule is C=CCOC(=O)O[C@H]1C[C@H](N2C=NC3C(=O)NC(NC(=O)COc4ccccc4)NC32)O[C@@H]1COC(c1ccccc1)(c1ccc(OC)cc1)c1ccc(OC)cc1. The van der Waals surface area contributed by atoms with E-state index in [0.29, 0.717) is 17.2 Å². The van der Waals surface area contributed by atoms with Gasteiger partial charge in [-0.1, -0.05) is 85.5 Å². The highest BCUT2D eigenvalue weighted by Gasteiger charge is 2.50. The highest BCUT2D eigenvalue weighted by atomic mass is 16.7.